The van der Waals surface area contributed by atoms with E-state index in [-0.39, 0.29) is 16.4 Å². The number of carbonyl (C=O) groups excluding carboxylic acids is 2. The normalized spacial score (nSPS) is 14.5. The number of benzene rings is 3. The van der Waals surface area contributed by atoms with E-state index in [9.17, 15) is 19.7 Å². The molecule has 0 radical (unpaired) electrons. The fourth-order valence-electron chi connectivity index (χ4n) is 4.61. The standard InChI is InChI=1S/C30H24N4O4S2/c1-18-6-4-5-7-27(18)33-29(36)26(28(35)31-30(33)39)17-21-16-19(2)32(20(21)3)22-8-12-24(13-9-22)40-25-14-10-23(11-15-25)34(37)38/h4-17H,1-3H3,(H,31,35,39)/b26-17+. The van der Waals surface area contributed by atoms with Crippen LogP contribution in [0.15, 0.2) is 94.2 Å². The van der Waals surface area contributed by atoms with Crippen LogP contribution in [0.1, 0.15) is 22.5 Å². The Kier molecular flexibility index (Phi) is 7.38. The molecule has 1 aromatic heterocycles. The molecule has 0 spiro atoms. The molecule has 0 atom stereocenters. The van der Waals surface area contributed by atoms with Gasteiger partial charge in [-0.3, -0.25) is 29.9 Å². The number of nitro benzene ring substituents is 1. The zero-order valence-electron chi connectivity index (χ0n) is 21.9. The van der Waals surface area contributed by atoms with Gasteiger partial charge in [-0.1, -0.05) is 30.0 Å². The first-order valence-electron chi connectivity index (χ1n) is 12.3. The summed E-state index contributed by atoms with van der Waals surface area (Å²) in [6, 6.07) is 23.7. The maximum absolute atomic E-state index is 13.5. The van der Waals surface area contributed by atoms with E-state index in [0.29, 0.717) is 5.69 Å². The van der Waals surface area contributed by atoms with Gasteiger partial charge in [0.1, 0.15) is 5.57 Å². The summed E-state index contributed by atoms with van der Waals surface area (Å²) in [6.07, 6.45) is 1.61. The number of rotatable bonds is 6. The molecule has 0 aliphatic carbocycles. The van der Waals surface area contributed by atoms with E-state index in [1.165, 1.54) is 28.8 Å². The van der Waals surface area contributed by atoms with Crippen molar-refractivity contribution in [2.75, 3.05) is 4.90 Å². The van der Waals surface area contributed by atoms with Gasteiger partial charge in [0.15, 0.2) is 5.11 Å². The van der Waals surface area contributed by atoms with Crippen LogP contribution < -0.4 is 10.2 Å². The second kappa shape index (κ2) is 10.9. The lowest BCUT2D eigenvalue weighted by atomic mass is 10.1. The second-order valence-electron chi connectivity index (χ2n) is 9.25. The van der Waals surface area contributed by atoms with Crippen molar-refractivity contribution < 1.29 is 14.5 Å². The Labute approximate surface area is 240 Å². The van der Waals surface area contributed by atoms with Gasteiger partial charge in [-0.15, -0.1) is 0 Å². The van der Waals surface area contributed by atoms with Crippen LogP contribution in [-0.2, 0) is 9.59 Å². The van der Waals surface area contributed by atoms with Gasteiger partial charge in [0.2, 0.25) is 0 Å². The highest BCUT2D eigenvalue weighted by molar-refractivity contribution is 7.99. The molecular formula is C30H24N4O4S2. The van der Waals surface area contributed by atoms with Crippen molar-refractivity contribution >= 4 is 58.4 Å². The molecule has 8 nitrogen and oxygen atoms in total. The summed E-state index contributed by atoms with van der Waals surface area (Å²) in [4.78, 5) is 40.0. The number of hydrogen-bond acceptors (Lipinski definition) is 6. The van der Waals surface area contributed by atoms with E-state index >= 15 is 0 Å². The van der Waals surface area contributed by atoms with Crippen LogP contribution in [0, 0.1) is 30.9 Å². The number of aromatic nitrogens is 1. The summed E-state index contributed by atoms with van der Waals surface area (Å²) < 4.78 is 2.06. The summed E-state index contributed by atoms with van der Waals surface area (Å²) in [6.45, 7) is 5.79. The molecular weight excluding hydrogens is 544 g/mol. The number of amides is 2. The zero-order valence-corrected chi connectivity index (χ0v) is 23.5. The summed E-state index contributed by atoms with van der Waals surface area (Å²) in [5.74, 6) is -1.00. The number of carbonyl (C=O) groups is 2. The van der Waals surface area contributed by atoms with Crippen molar-refractivity contribution in [3.63, 3.8) is 0 Å². The third kappa shape index (κ3) is 5.18. The highest BCUT2D eigenvalue weighted by Crippen LogP contribution is 2.31. The van der Waals surface area contributed by atoms with Crippen LogP contribution in [0.4, 0.5) is 11.4 Å². The molecule has 0 unspecified atom stereocenters. The fraction of sp³-hybridized carbons (Fsp3) is 0.100. The lowest BCUT2D eigenvalue weighted by molar-refractivity contribution is -0.384. The van der Waals surface area contributed by atoms with E-state index in [1.54, 1.807) is 24.3 Å². The van der Waals surface area contributed by atoms with Crippen molar-refractivity contribution in [1.82, 2.24) is 9.88 Å². The number of nitrogens with one attached hydrogen (secondary N) is 1. The van der Waals surface area contributed by atoms with Crippen LogP contribution in [0.5, 0.6) is 0 Å². The largest absolute Gasteiger partial charge is 0.318 e. The lowest BCUT2D eigenvalue weighted by Gasteiger charge is -2.30. The first-order chi connectivity index (χ1) is 19.1. The minimum Gasteiger partial charge on any atom is -0.318 e. The van der Waals surface area contributed by atoms with Crippen molar-refractivity contribution in [3.8, 4) is 5.69 Å². The first kappa shape index (κ1) is 27.0. The van der Waals surface area contributed by atoms with Crippen molar-refractivity contribution in [1.29, 1.82) is 0 Å². The van der Waals surface area contributed by atoms with Crippen LogP contribution >= 0.6 is 24.0 Å². The van der Waals surface area contributed by atoms with Gasteiger partial charge in [-0.05, 0) is 98.7 Å². The summed E-state index contributed by atoms with van der Waals surface area (Å²) in [5, 5.41) is 13.6. The molecule has 10 heteroatoms. The molecule has 0 saturated carbocycles. The van der Waals surface area contributed by atoms with Crippen LogP contribution in [-0.4, -0.2) is 26.4 Å². The number of hydrogen-bond donors (Lipinski definition) is 1. The second-order valence-corrected chi connectivity index (χ2v) is 10.8. The quantitative estimate of drug-likeness (QED) is 0.0965. The number of nitro groups is 1. The number of nitrogens with zero attached hydrogens (tertiary/aromatic N) is 3. The molecule has 3 aromatic carbocycles. The van der Waals surface area contributed by atoms with Gasteiger partial charge in [0.25, 0.3) is 17.5 Å². The molecule has 1 N–H and O–H groups in total. The van der Waals surface area contributed by atoms with Crippen LogP contribution in [0.2, 0.25) is 0 Å². The Bertz CT molecular complexity index is 1710. The minimum atomic E-state index is -0.530. The molecule has 2 amide bonds. The predicted molar refractivity (Wildman–Crippen MR) is 160 cm³/mol. The Hall–Kier alpha value is -4.54. The molecule has 0 bridgehead atoms. The maximum atomic E-state index is 13.5. The SMILES string of the molecule is Cc1ccccc1N1C(=O)/C(=C/c2cc(C)n(-c3ccc(Sc4ccc([N+](=O)[O-])cc4)cc3)c2C)C(=O)NC1=S. The highest BCUT2D eigenvalue weighted by Gasteiger charge is 2.35. The van der Waals surface area contributed by atoms with Gasteiger partial charge >= 0.3 is 0 Å². The van der Waals surface area contributed by atoms with Gasteiger partial charge < -0.3 is 4.57 Å². The van der Waals surface area contributed by atoms with Crippen LogP contribution in [0.3, 0.4) is 0 Å². The van der Waals surface area contributed by atoms with Gasteiger partial charge in [0.05, 0.1) is 10.6 Å². The van der Waals surface area contributed by atoms with E-state index < -0.39 is 16.7 Å². The molecule has 200 valence electrons. The third-order valence-corrected chi connectivity index (χ3v) is 7.91. The highest BCUT2D eigenvalue weighted by atomic mass is 32.2. The maximum Gasteiger partial charge on any atom is 0.270 e. The molecule has 40 heavy (non-hydrogen) atoms. The number of para-hydroxylation sites is 1. The molecule has 4 aromatic rings. The van der Waals surface area contributed by atoms with Crippen molar-refractivity contribution in [2.24, 2.45) is 0 Å². The number of thiocarbonyl (C=S) groups is 1. The van der Waals surface area contributed by atoms with E-state index in [0.717, 1.165) is 38.0 Å². The average molecular weight is 569 g/mol. The Balaban J connectivity index is 1.42. The van der Waals surface area contributed by atoms with Crippen molar-refractivity contribution in [2.45, 2.75) is 30.6 Å². The predicted octanol–water partition coefficient (Wildman–Crippen LogP) is 6.29. The smallest absolute Gasteiger partial charge is 0.270 e. The molecule has 1 fully saturated rings. The molecule has 1 aliphatic heterocycles. The van der Waals surface area contributed by atoms with E-state index in [4.69, 9.17) is 12.2 Å². The first-order valence-corrected chi connectivity index (χ1v) is 13.6. The zero-order chi connectivity index (χ0) is 28.6. The number of anilines is 1. The third-order valence-electron chi connectivity index (χ3n) is 6.61. The average Bonchev–Trinajstić information content (AvgIpc) is 3.20. The Morgan fingerprint density at radius 3 is 2.17 bits per heavy atom. The van der Waals surface area contributed by atoms with Crippen LogP contribution in [0.25, 0.3) is 11.8 Å². The molecule has 1 saturated heterocycles. The van der Waals surface area contributed by atoms with Gasteiger partial charge in [0, 0.05) is 39.0 Å². The number of aryl methyl sites for hydroxylation is 2. The molecule has 5 rings (SSSR count). The Morgan fingerprint density at radius 2 is 1.55 bits per heavy atom. The Morgan fingerprint density at radius 1 is 0.925 bits per heavy atom. The number of non-ortho nitro benzene ring substituents is 1. The summed E-state index contributed by atoms with van der Waals surface area (Å²) in [7, 11) is 0. The van der Waals surface area contributed by atoms with E-state index in [1.807, 2.05) is 69.3 Å². The minimum absolute atomic E-state index is 0.00643. The topological polar surface area (TPSA) is 97.5 Å². The fourth-order valence-corrected chi connectivity index (χ4v) is 5.70. The lowest BCUT2D eigenvalue weighted by Crippen LogP contribution is -2.54. The van der Waals surface area contributed by atoms with Gasteiger partial charge in [-0.25, -0.2) is 0 Å². The molecule has 2 heterocycles. The summed E-state index contributed by atoms with van der Waals surface area (Å²) >= 11 is 6.85. The van der Waals surface area contributed by atoms with Gasteiger partial charge in [-0.2, -0.15) is 0 Å². The monoisotopic (exact) mass is 568 g/mol. The molecule has 1 aliphatic rings. The summed E-state index contributed by atoms with van der Waals surface area (Å²) in [5.41, 5.74) is 5.04. The van der Waals surface area contributed by atoms with Crippen molar-refractivity contribution in [3.05, 3.63) is 117 Å². The van der Waals surface area contributed by atoms with E-state index in [2.05, 4.69) is 9.88 Å².